The monoisotopic (exact) mass is 468 g/mol. The number of imidazole rings is 1. The van der Waals surface area contributed by atoms with E-state index in [1.54, 1.807) is 41.2 Å². The van der Waals surface area contributed by atoms with E-state index in [9.17, 15) is 13.9 Å². The normalized spacial score (nSPS) is 18.0. The van der Waals surface area contributed by atoms with Gasteiger partial charge < -0.3 is 14.4 Å². The first-order valence-electron chi connectivity index (χ1n) is 10.9. The summed E-state index contributed by atoms with van der Waals surface area (Å²) in [4.78, 5) is 13.2. The molecule has 0 bridgehead atoms. The zero-order chi connectivity index (χ0) is 24.2. The molecule has 0 saturated carbocycles. The van der Waals surface area contributed by atoms with Crippen molar-refractivity contribution < 1.29 is 23.0 Å². The molecule has 0 saturated heterocycles. The number of hydrogen-bond acceptors (Lipinski definition) is 5. The molecule has 2 aromatic carbocycles. The van der Waals surface area contributed by atoms with Crippen LogP contribution in [0.5, 0.6) is 5.75 Å². The van der Waals surface area contributed by atoms with Crippen molar-refractivity contribution in [3.8, 4) is 16.9 Å². The summed E-state index contributed by atoms with van der Waals surface area (Å²) in [6.07, 6.45) is 2.46. The van der Waals surface area contributed by atoms with E-state index in [-0.39, 0.29) is 23.1 Å². The van der Waals surface area contributed by atoms with Crippen LogP contribution in [0.15, 0.2) is 48.8 Å². The molecule has 9 heteroatoms. The summed E-state index contributed by atoms with van der Waals surface area (Å²) in [5.41, 5.74) is 1.96. The summed E-state index contributed by atoms with van der Waals surface area (Å²) in [5.74, 6) is 0.520. The summed E-state index contributed by atoms with van der Waals surface area (Å²) in [5, 5.41) is 10.7. The van der Waals surface area contributed by atoms with Gasteiger partial charge in [-0.05, 0) is 12.1 Å². The second kappa shape index (κ2) is 8.09. The molecule has 0 unspecified atom stereocenters. The molecule has 176 valence electrons. The highest BCUT2D eigenvalue weighted by molar-refractivity contribution is 5.83. The van der Waals surface area contributed by atoms with Gasteiger partial charge in [-0.15, -0.1) is 0 Å². The molecule has 1 aliphatic rings. The van der Waals surface area contributed by atoms with Gasteiger partial charge in [0.1, 0.15) is 29.3 Å². The Labute approximate surface area is 194 Å². The van der Waals surface area contributed by atoms with Crippen molar-refractivity contribution >= 4 is 11.0 Å². The van der Waals surface area contributed by atoms with Gasteiger partial charge in [0.15, 0.2) is 0 Å². The SMILES string of the molecule is CC(C)(C)c1ncc(-c2cc3c(cc2F)nc2n3[C@@H](c3ccccc3OC(F)F)C[C@H]2O)cn1. The number of ether oxygens (including phenoxy) is 1. The number of aromatic nitrogens is 4. The number of hydrogen-bond donors (Lipinski definition) is 1. The molecule has 1 aliphatic heterocycles. The number of rotatable bonds is 4. The number of halogens is 3. The van der Waals surface area contributed by atoms with Gasteiger partial charge in [-0.1, -0.05) is 39.0 Å². The van der Waals surface area contributed by atoms with Crippen LogP contribution in [0.3, 0.4) is 0 Å². The summed E-state index contributed by atoms with van der Waals surface area (Å²) >= 11 is 0. The number of aliphatic hydroxyl groups is 1. The highest BCUT2D eigenvalue weighted by Gasteiger charge is 2.36. The van der Waals surface area contributed by atoms with Crippen molar-refractivity contribution in [1.29, 1.82) is 0 Å². The second-order valence-corrected chi connectivity index (χ2v) is 9.39. The van der Waals surface area contributed by atoms with Crippen molar-refractivity contribution in [3.05, 3.63) is 71.8 Å². The van der Waals surface area contributed by atoms with E-state index < -0.39 is 24.6 Å². The number of nitrogens with zero attached hydrogens (tertiary/aromatic N) is 4. The maximum absolute atomic E-state index is 15.1. The molecule has 4 aromatic rings. The summed E-state index contributed by atoms with van der Waals surface area (Å²) in [6.45, 7) is 2.99. The zero-order valence-corrected chi connectivity index (χ0v) is 18.8. The van der Waals surface area contributed by atoms with Gasteiger partial charge in [0.2, 0.25) is 0 Å². The second-order valence-electron chi connectivity index (χ2n) is 9.39. The molecular weight excluding hydrogens is 445 g/mol. The molecule has 6 nitrogen and oxygen atoms in total. The van der Waals surface area contributed by atoms with Crippen molar-refractivity contribution in [2.75, 3.05) is 0 Å². The average Bonchev–Trinajstić information content (AvgIpc) is 3.29. The summed E-state index contributed by atoms with van der Waals surface area (Å²) in [6, 6.07) is 8.90. The number of alkyl halides is 2. The Morgan fingerprint density at radius 2 is 1.82 bits per heavy atom. The highest BCUT2D eigenvalue weighted by Crippen LogP contribution is 2.44. The van der Waals surface area contributed by atoms with E-state index in [4.69, 9.17) is 4.74 Å². The maximum atomic E-state index is 15.1. The van der Waals surface area contributed by atoms with Crippen LogP contribution in [-0.4, -0.2) is 31.2 Å². The number of fused-ring (bicyclic) bond motifs is 3. The lowest BCUT2D eigenvalue weighted by molar-refractivity contribution is -0.0507. The van der Waals surface area contributed by atoms with Crippen molar-refractivity contribution in [3.63, 3.8) is 0 Å². The molecule has 2 atom stereocenters. The van der Waals surface area contributed by atoms with E-state index in [1.807, 2.05) is 20.8 Å². The minimum Gasteiger partial charge on any atom is -0.434 e. The van der Waals surface area contributed by atoms with Crippen LogP contribution in [0.25, 0.3) is 22.2 Å². The molecule has 0 aliphatic carbocycles. The van der Waals surface area contributed by atoms with E-state index in [0.29, 0.717) is 33.8 Å². The van der Waals surface area contributed by atoms with Gasteiger partial charge in [0, 0.05) is 47.0 Å². The molecule has 3 heterocycles. The molecular formula is C25H23F3N4O2. The lowest BCUT2D eigenvalue weighted by Crippen LogP contribution is -2.15. The van der Waals surface area contributed by atoms with Crippen molar-refractivity contribution in [2.45, 2.75) is 51.4 Å². The Balaban J connectivity index is 1.64. The van der Waals surface area contributed by atoms with Crippen LogP contribution in [-0.2, 0) is 5.41 Å². The lowest BCUT2D eigenvalue weighted by atomic mass is 9.95. The van der Waals surface area contributed by atoms with Crippen LogP contribution < -0.4 is 4.74 Å². The summed E-state index contributed by atoms with van der Waals surface area (Å²) < 4.78 is 47.5. The topological polar surface area (TPSA) is 73.1 Å². The van der Waals surface area contributed by atoms with Crippen LogP contribution in [0, 0.1) is 5.82 Å². The number of aliphatic hydroxyl groups excluding tert-OH is 1. The average molecular weight is 468 g/mol. The van der Waals surface area contributed by atoms with Crippen LogP contribution >= 0.6 is 0 Å². The minimum absolute atomic E-state index is 0.0258. The van der Waals surface area contributed by atoms with Crippen LogP contribution in [0.1, 0.15) is 56.6 Å². The van der Waals surface area contributed by atoms with Gasteiger partial charge in [0.05, 0.1) is 17.1 Å². The van der Waals surface area contributed by atoms with E-state index in [0.717, 1.165) is 0 Å². The first kappa shape index (κ1) is 22.3. The Morgan fingerprint density at radius 1 is 1.12 bits per heavy atom. The molecule has 0 fully saturated rings. The standard InChI is InChI=1S/C25H23F3N4O2/c1-25(2,3)23-29-11-13(12-30-23)15-8-19-17(9-16(15)26)31-22-20(33)10-18(32(19)22)14-6-4-5-7-21(14)34-24(27)28/h4-9,11-12,18,20,24,33H,10H2,1-3H3/t18-,20-/m1/s1. The lowest BCUT2D eigenvalue weighted by Gasteiger charge is -2.19. The Bertz CT molecular complexity index is 1360. The fraction of sp³-hybridized carbons (Fsp3) is 0.320. The molecule has 34 heavy (non-hydrogen) atoms. The zero-order valence-electron chi connectivity index (χ0n) is 18.8. The maximum Gasteiger partial charge on any atom is 0.387 e. The van der Waals surface area contributed by atoms with Gasteiger partial charge >= 0.3 is 6.61 Å². The van der Waals surface area contributed by atoms with Crippen molar-refractivity contribution in [1.82, 2.24) is 19.5 Å². The molecule has 0 spiro atoms. The predicted octanol–water partition coefficient (Wildman–Crippen LogP) is 5.56. The van der Waals surface area contributed by atoms with Gasteiger partial charge in [0.25, 0.3) is 0 Å². The third-order valence-corrected chi connectivity index (χ3v) is 5.99. The third-order valence-electron chi connectivity index (χ3n) is 5.99. The first-order valence-corrected chi connectivity index (χ1v) is 10.9. The molecule has 5 rings (SSSR count). The first-order chi connectivity index (χ1) is 16.1. The van der Waals surface area contributed by atoms with E-state index in [1.165, 1.54) is 12.1 Å². The van der Waals surface area contributed by atoms with Crippen molar-refractivity contribution in [2.24, 2.45) is 0 Å². The Kier molecular flexibility index (Phi) is 5.31. The van der Waals surface area contributed by atoms with Crippen LogP contribution in [0.2, 0.25) is 0 Å². The van der Waals surface area contributed by atoms with Crippen LogP contribution in [0.4, 0.5) is 13.2 Å². The molecule has 0 amide bonds. The highest BCUT2D eigenvalue weighted by atomic mass is 19.3. The smallest absolute Gasteiger partial charge is 0.387 e. The fourth-order valence-corrected chi connectivity index (χ4v) is 4.42. The summed E-state index contributed by atoms with van der Waals surface area (Å²) in [7, 11) is 0. The third kappa shape index (κ3) is 3.79. The van der Waals surface area contributed by atoms with Gasteiger partial charge in [-0.3, -0.25) is 0 Å². The quantitative estimate of drug-likeness (QED) is 0.425. The van der Waals surface area contributed by atoms with E-state index in [2.05, 4.69) is 15.0 Å². The Morgan fingerprint density at radius 3 is 2.50 bits per heavy atom. The number of benzene rings is 2. The number of para-hydroxylation sites is 1. The molecule has 2 aromatic heterocycles. The Hall–Kier alpha value is -3.46. The van der Waals surface area contributed by atoms with Gasteiger partial charge in [-0.2, -0.15) is 8.78 Å². The molecule has 1 N–H and O–H groups in total. The van der Waals surface area contributed by atoms with E-state index >= 15 is 4.39 Å². The fourth-order valence-electron chi connectivity index (χ4n) is 4.42. The molecule has 0 radical (unpaired) electrons. The van der Waals surface area contributed by atoms with Gasteiger partial charge in [-0.25, -0.2) is 19.3 Å². The largest absolute Gasteiger partial charge is 0.434 e. The minimum atomic E-state index is -2.98. The predicted molar refractivity (Wildman–Crippen MR) is 120 cm³/mol.